The van der Waals surface area contributed by atoms with E-state index in [-0.39, 0.29) is 0 Å². The zero-order chi connectivity index (χ0) is 12.3. The molecule has 4 unspecified atom stereocenters. The minimum atomic E-state index is -1.64. The molecule has 18 heavy (non-hydrogen) atoms. The van der Waals surface area contributed by atoms with Crippen molar-refractivity contribution in [2.45, 2.75) is 32.0 Å². The summed E-state index contributed by atoms with van der Waals surface area (Å²) in [5, 5.41) is 1.53. The van der Waals surface area contributed by atoms with Gasteiger partial charge in [0.15, 0.2) is 0 Å². The Kier molecular flexibility index (Phi) is 2.19. The Balaban J connectivity index is 1.74. The molecule has 0 saturated heterocycles. The van der Waals surface area contributed by atoms with Gasteiger partial charge in [-0.05, 0) is 54.4 Å². The van der Waals surface area contributed by atoms with Gasteiger partial charge in [0.1, 0.15) is 0 Å². The second-order valence-electron chi connectivity index (χ2n) is 6.58. The van der Waals surface area contributed by atoms with Crippen molar-refractivity contribution in [2.24, 2.45) is 17.8 Å². The molecule has 0 radical (unpaired) electrons. The van der Waals surface area contributed by atoms with Gasteiger partial charge in [0.25, 0.3) is 0 Å². The molecule has 1 heterocycles. The highest BCUT2D eigenvalue weighted by Crippen LogP contribution is 2.51. The number of allylic oxidation sites excluding steroid dienone is 2. The Morgan fingerprint density at radius 1 is 1.11 bits per heavy atom. The highest BCUT2D eigenvalue weighted by atomic mass is 28.4. The van der Waals surface area contributed by atoms with E-state index in [2.05, 4.69) is 49.5 Å². The van der Waals surface area contributed by atoms with Gasteiger partial charge in [0.05, 0.1) is 6.10 Å². The van der Waals surface area contributed by atoms with E-state index in [4.69, 9.17) is 4.43 Å². The summed E-state index contributed by atoms with van der Waals surface area (Å²) < 4.78 is 6.56. The van der Waals surface area contributed by atoms with Gasteiger partial charge in [-0.2, -0.15) is 0 Å². The number of benzene rings is 1. The summed E-state index contributed by atoms with van der Waals surface area (Å²) in [7, 11) is -1.64. The minimum Gasteiger partial charge on any atom is -0.406 e. The van der Waals surface area contributed by atoms with Gasteiger partial charge in [-0.25, -0.2) is 0 Å². The Morgan fingerprint density at radius 2 is 1.94 bits per heavy atom. The SMILES string of the molecule is C[Si]1(C)OC(C2CC3C=CC2C3)c2ccccc21. The fraction of sp³-hybridized carbons (Fsp3) is 0.500. The standard InChI is InChI=1S/C16H20OSi/c1-18(2)15-6-4-3-5-13(15)16(17-18)14-10-11-7-8-12(14)9-11/h3-8,11-12,14,16H,9-10H2,1-2H3. The fourth-order valence-electron chi connectivity index (χ4n) is 4.23. The van der Waals surface area contributed by atoms with Gasteiger partial charge in [-0.3, -0.25) is 0 Å². The molecule has 0 amide bonds. The molecule has 4 rings (SSSR count). The van der Waals surface area contributed by atoms with Crippen molar-refractivity contribution in [3.8, 4) is 0 Å². The summed E-state index contributed by atoms with van der Waals surface area (Å²) in [5.41, 5.74) is 1.50. The van der Waals surface area contributed by atoms with E-state index in [0.29, 0.717) is 6.10 Å². The zero-order valence-electron chi connectivity index (χ0n) is 11.1. The van der Waals surface area contributed by atoms with E-state index in [1.165, 1.54) is 23.6 Å². The molecule has 4 atom stereocenters. The summed E-state index contributed by atoms with van der Waals surface area (Å²) in [6, 6.07) is 8.94. The first-order chi connectivity index (χ1) is 8.65. The minimum absolute atomic E-state index is 0.378. The Bertz CT molecular complexity index is 520. The van der Waals surface area contributed by atoms with E-state index in [1.807, 2.05) is 0 Å². The van der Waals surface area contributed by atoms with Crippen molar-refractivity contribution in [1.29, 1.82) is 0 Å². The van der Waals surface area contributed by atoms with Crippen LogP contribution >= 0.6 is 0 Å². The molecule has 0 aromatic heterocycles. The van der Waals surface area contributed by atoms with Gasteiger partial charge < -0.3 is 4.43 Å². The van der Waals surface area contributed by atoms with Crippen LogP contribution in [0.3, 0.4) is 0 Å². The molecule has 94 valence electrons. The molecule has 2 aliphatic carbocycles. The van der Waals surface area contributed by atoms with Crippen LogP contribution in [-0.2, 0) is 4.43 Å². The molecule has 2 heteroatoms. The average Bonchev–Trinajstić information content (AvgIpc) is 3.03. The summed E-state index contributed by atoms with van der Waals surface area (Å²) >= 11 is 0. The van der Waals surface area contributed by atoms with Crippen LogP contribution in [0.2, 0.25) is 13.1 Å². The summed E-state index contributed by atoms with van der Waals surface area (Å²) in [4.78, 5) is 0. The normalized spacial score (nSPS) is 39.2. The summed E-state index contributed by atoms with van der Waals surface area (Å²) in [5.74, 6) is 2.34. The van der Waals surface area contributed by atoms with Gasteiger partial charge in [0, 0.05) is 0 Å². The number of hydrogen-bond acceptors (Lipinski definition) is 1. The predicted octanol–water partition coefficient (Wildman–Crippen LogP) is 3.38. The van der Waals surface area contributed by atoms with Crippen molar-refractivity contribution in [3.05, 3.63) is 42.0 Å². The third-order valence-corrected chi connectivity index (χ3v) is 7.65. The lowest BCUT2D eigenvalue weighted by atomic mass is 9.85. The van der Waals surface area contributed by atoms with Crippen LogP contribution in [-0.4, -0.2) is 8.32 Å². The highest BCUT2D eigenvalue weighted by molar-refractivity contribution is 6.85. The van der Waals surface area contributed by atoms with Crippen molar-refractivity contribution in [2.75, 3.05) is 0 Å². The zero-order valence-corrected chi connectivity index (χ0v) is 12.1. The van der Waals surface area contributed by atoms with Crippen molar-refractivity contribution < 1.29 is 4.43 Å². The topological polar surface area (TPSA) is 9.23 Å². The molecule has 2 bridgehead atoms. The number of rotatable bonds is 1. The van der Waals surface area contributed by atoms with Crippen molar-refractivity contribution in [3.63, 3.8) is 0 Å². The van der Waals surface area contributed by atoms with Crippen LogP contribution in [0.15, 0.2) is 36.4 Å². The van der Waals surface area contributed by atoms with Crippen LogP contribution in [0, 0.1) is 17.8 Å². The molecule has 0 spiro atoms. The van der Waals surface area contributed by atoms with Crippen LogP contribution in [0.1, 0.15) is 24.5 Å². The average molecular weight is 256 g/mol. The molecule has 1 aromatic rings. The van der Waals surface area contributed by atoms with Crippen LogP contribution in [0.4, 0.5) is 0 Å². The molecule has 1 fully saturated rings. The van der Waals surface area contributed by atoms with E-state index >= 15 is 0 Å². The molecule has 0 N–H and O–H groups in total. The fourth-order valence-corrected chi connectivity index (χ4v) is 6.71. The maximum atomic E-state index is 6.56. The second kappa shape index (κ2) is 3.58. The molecule has 1 nitrogen and oxygen atoms in total. The molecule has 1 aromatic carbocycles. The van der Waals surface area contributed by atoms with Crippen LogP contribution in [0.25, 0.3) is 0 Å². The third-order valence-electron chi connectivity index (χ3n) is 5.06. The van der Waals surface area contributed by atoms with Crippen LogP contribution < -0.4 is 5.19 Å². The van der Waals surface area contributed by atoms with E-state index < -0.39 is 8.32 Å². The van der Waals surface area contributed by atoms with Crippen LogP contribution in [0.5, 0.6) is 0 Å². The predicted molar refractivity (Wildman–Crippen MR) is 76.2 cm³/mol. The van der Waals surface area contributed by atoms with E-state index in [9.17, 15) is 0 Å². The molecule has 1 saturated carbocycles. The van der Waals surface area contributed by atoms with Gasteiger partial charge in [0.2, 0.25) is 8.32 Å². The quantitative estimate of drug-likeness (QED) is 0.553. The maximum Gasteiger partial charge on any atom is 0.219 e. The number of hydrogen-bond donors (Lipinski definition) is 0. The Morgan fingerprint density at radius 3 is 2.67 bits per heavy atom. The van der Waals surface area contributed by atoms with Crippen molar-refractivity contribution >= 4 is 13.5 Å². The molecular weight excluding hydrogens is 236 g/mol. The molecule has 3 aliphatic rings. The number of fused-ring (bicyclic) bond motifs is 3. The van der Waals surface area contributed by atoms with Gasteiger partial charge >= 0.3 is 0 Å². The van der Waals surface area contributed by atoms with Crippen molar-refractivity contribution in [1.82, 2.24) is 0 Å². The maximum absolute atomic E-state index is 6.56. The second-order valence-corrected chi connectivity index (χ2v) is 10.4. The highest BCUT2D eigenvalue weighted by Gasteiger charge is 2.48. The van der Waals surface area contributed by atoms with E-state index in [1.54, 1.807) is 0 Å². The Labute approximate surface area is 110 Å². The summed E-state index contributed by atoms with van der Waals surface area (Å²) in [6.45, 7) is 4.68. The lowest BCUT2D eigenvalue weighted by Gasteiger charge is -2.27. The lowest BCUT2D eigenvalue weighted by Crippen LogP contribution is -2.40. The molecular formula is C16H20OSi. The van der Waals surface area contributed by atoms with Gasteiger partial charge in [-0.1, -0.05) is 36.4 Å². The lowest BCUT2D eigenvalue weighted by molar-refractivity contribution is 0.124. The van der Waals surface area contributed by atoms with Gasteiger partial charge in [-0.15, -0.1) is 0 Å². The monoisotopic (exact) mass is 256 g/mol. The first kappa shape index (κ1) is 11.0. The molecule has 1 aliphatic heterocycles. The first-order valence-electron chi connectivity index (χ1n) is 7.11. The summed E-state index contributed by atoms with van der Waals surface area (Å²) in [6.07, 6.45) is 7.95. The first-order valence-corrected chi connectivity index (χ1v) is 10.0. The largest absolute Gasteiger partial charge is 0.406 e. The smallest absolute Gasteiger partial charge is 0.219 e. The Hall–Kier alpha value is -0.863. The van der Waals surface area contributed by atoms with E-state index in [0.717, 1.165) is 17.8 Å². The third kappa shape index (κ3) is 1.42.